The van der Waals surface area contributed by atoms with Gasteiger partial charge >= 0.3 is 6.03 Å². The van der Waals surface area contributed by atoms with Crippen molar-refractivity contribution in [3.63, 3.8) is 0 Å². The van der Waals surface area contributed by atoms with E-state index in [4.69, 9.17) is 19.4 Å². The zero-order valence-electron chi connectivity index (χ0n) is 29.3. The molecular formula is C36H44N6O7S2. The van der Waals surface area contributed by atoms with E-state index in [9.17, 15) is 22.8 Å². The van der Waals surface area contributed by atoms with Gasteiger partial charge in [0.25, 0.3) is 5.91 Å². The molecule has 1 saturated heterocycles. The average molecular weight is 737 g/mol. The zero-order chi connectivity index (χ0) is 36.1. The Balaban J connectivity index is 1.19. The van der Waals surface area contributed by atoms with Crippen LogP contribution in [0.3, 0.4) is 0 Å². The minimum absolute atomic E-state index is 0.129. The second-order valence-electron chi connectivity index (χ2n) is 14.3. The fraction of sp³-hybridized carbons (Fsp3) is 0.528. The van der Waals surface area contributed by atoms with Gasteiger partial charge in [-0.25, -0.2) is 23.2 Å². The minimum atomic E-state index is -3.83. The summed E-state index contributed by atoms with van der Waals surface area (Å²) in [6.07, 6.45) is 7.06. The van der Waals surface area contributed by atoms with Crippen molar-refractivity contribution in [1.29, 1.82) is 0 Å². The fourth-order valence-electron chi connectivity index (χ4n) is 6.86. The quantitative estimate of drug-likeness (QED) is 0.316. The van der Waals surface area contributed by atoms with E-state index in [1.807, 2.05) is 41.8 Å². The molecule has 4 aliphatic rings. The van der Waals surface area contributed by atoms with Crippen molar-refractivity contribution in [2.45, 2.75) is 87.6 Å². The third-order valence-corrected chi connectivity index (χ3v) is 12.9. The van der Waals surface area contributed by atoms with Crippen LogP contribution in [0.5, 0.6) is 11.5 Å². The molecule has 13 nitrogen and oxygen atoms in total. The first kappa shape index (κ1) is 35.2. The second-order valence-corrected chi connectivity index (χ2v) is 17.2. The lowest BCUT2D eigenvalue weighted by atomic mass is 10.1. The van der Waals surface area contributed by atoms with E-state index in [1.54, 1.807) is 19.1 Å². The van der Waals surface area contributed by atoms with Crippen molar-refractivity contribution in [2.24, 2.45) is 5.92 Å². The van der Waals surface area contributed by atoms with Crippen LogP contribution in [0.1, 0.15) is 70.4 Å². The van der Waals surface area contributed by atoms with E-state index in [2.05, 4.69) is 23.9 Å². The molecule has 7 rings (SSSR count). The Bertz CT molecular complexity index is 1990. The largest absolute Gasteiger partial charge is 0.497 e. The van der Waals surface area contributed by atoms with Gasteiger partial charge in [-0.2, -0.15) is 0 Å². The number of benzene rings is 1. The van der Waals surface area contributed by atoms with E-state index in [0.29, 0.717) is 42.1 Å². The molecule has 0 unspecified atom stereocenters. The molecule has 0 radical (unpaired) electrons. The van der Waals surface area contributed by atoms with Gasteiger partial charge in [-0.3, -0.25) is 14.3 Å². The molecule has 2 saturated carbocycles. The number of urea groups is 1. The molecule has 1 aromatic carbocycles. The zero-order valence-corrected chi connectivity index (χ0v) is 30.9. The number of sulfonamides is 1. The van der Waals surface area contributed by atoms with Crippen LogP contribution < -0.4 is 19.5 Å². The molecule has 2 N–H and O–H groups in total. The number of aromatic nitrogens is 2. The third kappa shape index (κ3) is 7.14. The van der Waals surface area contributed by atoms with Gasteiger partial charge < -0.3 is 24.6 Å². The van der Waals surface area contributed by atoms with Gasteiger partial charge in [0.2, 0.25) is 15.9 Å². The molecule has 2 aliphatic carbocycles. The van der Waals surface area contributed by atoms with E-state index in [1.165, 1.54) is 16.2 Å². The lowest BCUT2D eigenvalue weighted by molar-refractivity contribution is -0.131. The summed E-state index contributed by atoms with van der Waals surface area (Å²) in [6, 6.07) is 6.11. The van der Waals surface area contributed by atoms with Crippen LogP contribution in [-0.2, 0) is 19.6 Å². The Kier molecular flexibility index (Phi) is 9.46. The lowest BCUT2D eigenvalue weighted by Gasteiger charge is -2.30. The van der Waals surface area contributed by atoms with E-state index < -0.39 is 44.8 Å². The summed E-state index contributed by atoms with van der Waals surface area (Å²) in [4.78, 5) is 54.5. The lowest BCUT2D eigenvalue weighted by Crippen LogP contribution is -2.57. The monoisotopic (exact) mass is 736 g/mol. The van der Waals surface area contributed by atoms with Crippen LogP contribution in [0.2, 0.25) is 0 Å². The Hall–Kier alpha value is -4.24. The van der Waals surface area contributed by atoms with Crippen molar-refractivity contribution >= 4 is 50.1 Å². The highest BCUT2D eigenvalue weighted by Gasteiger charge is 2.62. The first-order valence-electron chi connectivity index (χ1n) is 17.6. The van der Waals surface area contributed by atoms with E-state index in [-0.39, 0.29) is 37.3 Å². The number of hydrogen-bond acceptors (Lipinski definition) is 10. The number of nitrogens with zero attached hydrogens (tertiary/aromatic N) is 4. The standard InChI is InChI=1S/C36H44N6O7S2/c1-21(2)29-20-50-33(38-29)28-17-31(26-13-10-23(48-4)15-27(26)37-28)49-24-16-30-32(43)39-36(34(44)40-51(46,47)25-11-12-25)18-22(36)9-7-5-6-8-14-41(3)35(45)42(30)19-24/h7,9-10,13,15,17,20-22,24-25,30H,5-6,8,11-12,14,16,18-19H2,1-4H3,(H,39,43)(H,40,44)/b9-7-/t22-,24-,30+,36-/m1/s1. The molecule has 2 aromatic heterocycles. The molecule has 4 heterocycles. The normalized spacial score (nSPS) is 26.3. The summed E-state index contributed by atoms with van der Waals surface area (Å²) in [5, 5.41) is 5.83. The van der Waals surface area contributed by atoms with Crippen LogP contribution in [0.15, 0.2) is 41.8 Å². The summed E-state index contributed by atoms with van der Waals surface area (Å²) in [6.45, 7) is 4.82. The maximum Gasteiger partial charge on any atom is 0.320 e. The highest BCUT2D eigenvalue weighted by atomic mass is 32.2. The number of hydrogen-bond donors (Lipinski definition) is 2. The molecule has 3 fully saturated rings. The Morgan fingerprint density at radius 1 is 1.16 bits per heavy atom. The number of carbonyl (C=O) groups is 3. The summed E-state index contributed by atoms with van der Waals surface area (Å²) >= 11 is 1.50. The predicted molar refractivity (Wildman–Crippen MR) is 193 cm³/mol. The molecule has 15 heteroatoms. The predicted octanol–water partition coefficient (Wildman–Crippen LogP) is 4.59. The highest BCUT2D eigenvalue weighted by Crippen LogP contribution is 2.46. The van der Waals surface area contributed by atoms with Gasteiger partial charge in [0.1, 0.15) is 39.9 Å². The van der Waals surface area contributed by atoms with Crippen LogP contribution >= 0.6 is 11.3 Å². The minimum Gasteiger partial charge on any atom is -0.497 e. The van der Waals surface area contributed by atoms with Crippen LogP contribution in [0, 0.1) is 5.92 Å². The number of allylic oxidation sites excluding steroid dienone is 1. The Morgan fingerprint density at radius 3 is 2.69 bits per heavy atom. The van der Waals surface area contributed by atoms with Gasteiger partial charge in [0, 0.05) is 48.8 Å². The number of methoxy groups -OCH3 is 1. The van der Waals surface area contributed by atoms with Crippen LogP contribution in [0.25, 0.3) is 21.6 Å². The number of rotatable bonds is 8. The first-order valence-corrected chi connectivity index (χ1v) is 20.0. The SMILES string of the molecule is COc1ccc2c(O[C@@H]3C[C@H]4C(=O)N[C@]5(C(=O)NS(=O)(=O)C6CC6)C[C@H]5/C=C\CCCCN(C)C(=O)N4C3)cc(-c3nc(C(C)C)cs3)nc2c1. The molecule has 51 heavy (non-hydrogen) atoms. The van der Waals surface area contributed by atoms with Crippen LogP contribution in [0.4, 0.5) is 4.79 Å². The highest BCUT2D eigenvalue weighted by molar-refractivity contribution is 7.91. The number of amides is 4. The number of fused-ring (bicyclic) bond motifs is 3. The van der Waals surface area contributed by atoms with Gasteiger partial charge in [0.15, 0.2) is 0 Å². The van der Waals surface area contributed by atoms with Crippen molar-refractivity contribution in [3.8, 4) is 22.2 Å². The molecule has 4 atom stereocenters. The number of ether oxygens (including phenoxy) is 2. The van der Waals surface area contributed by atoms with Crippen molar-refractivity contribution in [2.75, 3.05) is 27.2 Å². The Morgan fingerprint density at radius 2 is 1.96 bits per heavy atom. The molecule has 2 aliphatic heterocycles. The van der Waals surface area contributed by atoms with E-state index >= 15 is 0 Å². The van der Waals surface area contributed by atoms with Gasteiger partial charge in [0.05, 0.1) is 30.1 Å². The van der Waals surface area contributed by atoms with Gasteiger partial charge in [-0.1, -0.05) is 26.0 Å². The third-order valence-electron chi connectivity index (χ3n) is 10.2. The van der Waals surface area contributed by atoms with Gasteiger partial charge in [-0.15, -0.1) is 11.3 Å². The number of thiazole rings is 1. The molecule has 0 bridgehead atoms. The average Bonchev–Trinajstić information content (AvgIpc) is 3.98. The molecule has 3 aromatic rings. The van der Waals surface area contributed by atoms with Crippen molar-refractivity contribution in [1.82, 2.24) is 29.8 Å². The number of nitrogens with one attached hydrogen (secondary N) is 2. The number of carbonyl (C=O) groups excluding carboxylic acids is 3. The maximum absolute atomic E-state index is 14.2. The number of pyridine rings is 1. The van der Waals surface area contributed by atoms with E-state index in [0.717, 1.165) is 35.4 Å². The van der Waals surface area contributed by atoms with Gasteiger partial charge in [-0.05, 0) is 56.6 Å². The summed E-state index contributed by atoms with van der Waals surface area (Å²) < 4.78 is 39.9. The Labute approximate surface area is 301 Å². The van der Waals surface area contributed by atoms with Crippen molar-refractivity contribution < 1.29 is 32.3 Å². The maximum atomic E-state index is 14.2. The molecule has 0 spiro atoms. The molecule has 4 amide bonds. The second kappa shape index (κ2) is 13.7. The molecule has 272 valence electrons. The van der Waals surface area contributed by atoms with Crippen molar-refractivity contribution in [3.05, 3.63) is 47.5 Å². The molecular weight excluding hydrogens is 693 g/mol. The smallest absolute Gasteiger partial charge is 0.320 e. The topological polar surface area (TPSA) is 160 Å². The fourth-order valence-corrected chi connectivity index (χ4v) is 9.16. The van der Waals surface area contributed by atoms with Crippen LogP contribution in [-0.4, -0.2) is 96.2 Å². The summed E-state index contributed by atoms with van der Waals surface area (Å²) in [7, 11) is -0.523. The summed E-state index contributed by atoms with van der Waals surface area (Å²) in [5.41, 5.74) is 0.829. The first-order chi connectivity index (χ1) is 24.4. The summed E-state index contributed by atoms with van der Waals surface area (Å²) in [5.74, 6) is -0.201.